The molecule has 35 heavy (non-hydrogen) atoms. The lowest BCUT2D eigenvalue weighted by molar-refractivity contribution is -0.119. The van der Waals surface area contributed by atoms with Crippen LogP contribution in [0.4, 0.5) is 11.5 Å². The Kier molecular flexibility index (Phi) is 7.01. The minimum absolute atomic E-state index is 0.170. The van der Waals surface area contributed by atoms with E-state index in [4.69, 9.17) is 9.15 Å². The fourth-order valence-corrected chi connectivity index (χ4v) is 4.38. The molecule has 4 rings (SSSR count). The molecule has 0 saturated heterocycles. The maximum absolute atomic E-state index is 12.6. The van der Waals surface area contributed by atoms with Gasteiger partial charge < -0.3 is 24.4 Å². The second kappa shape index (κ2) is 10.3. The molecule has 9 heteroatoms. The summed E-state index contributed by atoms with van der Waals surface area (Å²) in [6.07, 6.45) is 5.62. The molecular weight excluding hydrogens is 448 g/mol. The van der Waals surface area contributed by atoms with Crippen molar-refractivity contribution in [2.24, 2.45) is 0 Å². The summed E-state index contributed by atoms with van der Waals surface area (Å²) >= 11 is 0. The molecule has 1 aromatic carbocycles. The molecule has 3 aromatic rings. The number of benzene rings is 1. The van der Waals surface area contributed by atoms with Gasteiger partial charge in [0.2, 0.25) is 0 Å². The van der Waals surface area contributed by atoms with Crippen LogP contribution in [0.25, 0.3) is 0 Å². The lowest BCUT2D eigenvalue weighted by Gasteiger charge is -2.19. The highest BCUT2D eigenvalue weighted by Crippen LogP contribution is 2.37. The van der Waals surface area contributed by atoms with Gasteiger partial charge in [-0.05, 0) is 68.7 Å². The maximum Gasteiger partial charge on any atom is 0.338 e. The van der Waals surface area contributed by atoms with Crippen molar-refractivity contribution in [3.63, 3.8) is 0 Å². The quantitative estimate of drug-likeness (QED) is 0.477. The van der Waals surface area contributed by atoms with Crippen LogP contribution < -0.4 is 10.6 Å². The van der Waals surface area contributed by atoms with Gasteiger partial charge in [-0.2, -0.15) is 5.26 Å². The molecule has 0 bridgehead atoms. The fourth-order valence-electron chi connectivity index (χ4n) is 4.38. The second-order valence-corrected chi connectivity index (χ2v) is 8.49. The van der Waals surface area contributed by atoms with Crippen LogP contribution in [0.1, 0.15) is 69.5 Å². The zero-order chi connectivity index (χ0) is 24.9. The SMILES string of the molecule is Cc1c(C#N)c(NC(=O)COC(=O)c2ccc(NC(=O)c3ccco3)cc2)n(C2CCCC2)c1C. The van der Waals surface area contributed by atoms with E-state index in [0.29, 0.717) is 17.1 Å². The van der Waals surface area contributed by atoms with Crippen LogP contribution in [-0.4, -0.2) is 29.0 Å². The molecule has 2 heterocycles. The maximum atomic E-state index is 12.6. The van der Waals surface area contributed by atoms with E-state index in [0.717, 1.165) is 36.9 Å². The average molecular weight is 475 g/mol. The average Bonchev–Trinajstić information content (AvgIpc) is 3.61. The summed E-state index contributed by atoms with van der Waals surface area (Å²) in [5.74, 6) is -0.973. The first kappa shape index (κ1) is 23.8. The zero-order valence-corrected chi connectivity index (χ0v) is 19.6. The van der Waals surface area contributed by atoms with Gasteiger partial charge in [0.25, 0.3) is 11.8 Å². The molecule has 1 aliphatic carbocycles. The van der Waals surface area contributed by atoms with Gasteiger partial charge in [-0.1, -0.05) is 12.8 Å². The number of nitrogens with zero attached hydrogens (tertiary/aromatic N) is 2. The van der Waals surface area contributed by atoms with Crippen LogP contribution in [0.5, 0.6) is 0 Å². The third-order valence-corrected chi connectivity index (χ3v) is 6.27. The molecule has 180 valence electrons. The largest absolute Gasteiger partial charge is 0.459 e. The molecule has 9 nitrogen and oxygen atoms in total. The van der Waals surface area contributed by atoms with Crippen molar-refractivity contribution in [2.75, 3.05) is 17.2 Å². The van der Waals surface area contributed by atoms with Gasteiger partial charge in [0, 0.05) is 17.4 Å². The molecule has 2 amide bonds. The van der Waals surface area contributed by atoms with Crippen LogP contribution in [0.15, 0.2) is 47.1 Å². The first-order chi connectivity index (χ1) is 16.9. The van der Waals surface area contributed by atoms with E-state index in [9.17, 15) is 19.6 Å². The Morgan fingerprint density at radius 1 is 1.11 bits per heavy atom. The van der Waals surface area contributed by atoms with Crippen LogP contribution in [-0.2, 0) is 9.53 Å². The van der Waals surface area contributed by atoms with E-state index in [2.05, 4.69) is 16.7 Å². The van der Waals surface area contributed by atoms with Gasteiger partial charge in [-0.15, -0.1) is 0 Å². The Morgan fingerprint density at radius 3 is 2.46 bits per heavy atom. The number of hydrogen-bond acceptors (Lipinski definition) is 6. The molecule has 2 aromatic heterocycles. The van der Waals surface area contributed by atoms with Gasteiger partial charge in [0.05, 0.1) is 17.4 Å². The Bertz CT molecular complexity index is 1280. The molecular formula is C26H26N4O5. The number of carbonyl (C=O) groups excluding carboxylic acids is 3. The van der Waals surface area contributed by atoms with Crippen molar-refractivity contribution in [1.82, 2.24) is 4.57 Å². The van der Waals surface area contributed by atoms with Crippen molar-refractivity contribution >= 4 is 29.3 Å². The van der Waals surface area contributed by atoms with Gasteiger partial charge in [0.15, 0.2) is 12.4 Å². The van der Waals surface area contributed by atoms with E-state index in [1.807, 2.05) is 18.4 Å². The Hall–Kier alpha value is -4.32. The zero-order valence-electron chi connectivity index (χ0n) is 19.6. The smallest absolute Gasteiger partial charge is 0.338 e. The number of hydrogen-bond donors (Lipinski definition) is 2. The highest BCUT2D eigenvalue weighted by Gasteiger charge is 2.27. The van der Waals surface area contributed by atoms with E-state index in [1.54, 1.807) is 24.3 Å². The van der Waals surface area contributed by atoms with Crippen molar-refractivity contribution < 1.29 is 23.5 Å². The van der Waals surface area contributed by atoms with E-state index in [-0.39, 0.29) is 17.4 Å². The summed E-state index contributed by atoms with van der Waals surface area (Å²) in [6.45, 7) is 3.33. The van der Waals surface area contributed by atoms with Gasteiger partial charge in [-0.3, -0.25) is 9.59 Å². The van der Waals surface area contributed by atoms with Crippen molar-refractivity contribution in [3.8, 4) is 6.07 Å². The molecule has 0 atom stereocenters. The van der Waals surface area contributed by atoms with E-state index >= 15 is 0 Å². The first-order valence-electron chi connectivity index (χ1n) is 11.4. The normalized spacial score (nSPS) is 13.3. The predicted octanol–water partition coefficient (Wildman–Crippen LogP) is 4.73. The van der Waals surface area contributed by atoms with Crippen molar-refractivity contribution in [2.45, 2.75) is 45.6 Å². The summed E-state index contributed by atoms with van der Waals surface area (Å²) in [4.78, 5) is 37.1. The Balaban J connectivity index is 1.37. The standard InChI is InChI=1S/C26H26N4O5/c1-16-17(2)30(20-6-3-4-7-20)24(21(16)14-27)29-23(31)15-35-26(33)18-9-11-19(12-10-18)28-25(32)22-8-5-13-34-22/h5,8-13,20H,3-4,6-7,15H2,1-2H3,(H,28,32)(H,29,31). The number of esters is 1. The molecule has 1 fully saturated rings. The minimum Gasteiger partial charge on any atom is -0.459 e. The summed E-state index contributed by atoms with van der Waals surface area (Å²) in [5.41, 5.74) is 2.93. The lowest BCUT2D eigenvalue weighted by atomic mass is 10.2. The van der Waals surface area contributed by atoms with Gasteiger partial charge >= 0.3 is 5.97 Å². The highest BCUT2D eigenvalue weighted by atomic mass is 16.5. The summed E-state index contributed by atoms with van der Waals surface area (Å²) in [5, 5.41) is 15.1. The summed E-state index contributed by atoms with van der Waals surface area (Å²) in [7, 11) is 0. The number of furan rings is 1. The molecule has 1 saturated carbocycles. The number of anilines is 2. The summed E-state index contributed by atoms with van der Waals surface area (Å²) in [6, 6.07) is 11.7. The van der Waals surface area contributed by atoms with Crippen LogP contribution in [0, 0.1) is 25.2 Å². The first-order valence-corrected chi connectivity index (χ1v) is 11.4. The van der Waals surface area contributed by atoms with Gasteiger partial charge in [-0.25, -0.2) is 4.79 Å². The van der Waals surface area contributed by atoms with Crippen LogP contribution in [0.2, 0.25) is 0 Å². The Morgan fingerprint density at radius 2 is 1.83 bits per heavy atom. The molecule has 2 N–H and O–H groups in total. The number of carbonyl (C=O) groups is 3. The Labute approximate surface area is 202 Å². The third-order valence-electron chi connectivity index (χ3n) is 6.27. The molecule has 1 aliphatic rings. The fraction of sp³-hybridized carbons (Fsp3) is 0.308. The third kappa shape index (κ3) is 5.11. The molecule has 0 unspecified atom stereocenters. The predicted molar refractivity (Wildman–Crippen MR) is 128 cm³/mol. The van der Waals surface area contributed by atoms with E-state index in [1.165, 1.54) is 18.4 Å². The monoisotopic (exact) mass is 474 g/mol. The highest BCUT2D eigenvalue weighted by molar-refractivity contribution is 6.02. The van der Waals surface area contributed by atoms with Crippen LogP contribution >= 0.6 is 0 Å². The molecule has 0 radical (unpaired) electrons. The number of nitriles is 1. The number of rotatable bonds is 7. The summed E-state index contributed by atoms with van der Waals surface area (Å²) < 4.78 is 12.3. The van der Waals surface area contributed by atoms with Crippen molar-refractivity contribution in [1.29, 1.82) is 5.26 Å². The second-order valence-electron chi connectivity index (χ2n) is 8.49. The topological polar surface area (TPSA) is 126 Å². The minimum atomic E-state index is -0.678. The molecule has 0 aliphatic heterocycles. The van der Waals surface area contributed by atoms with Gasteiger partial charge in [0.1, 0.15) is 11.9 Å². The number of nitrogens with one attached hydrogen (secondary N) is 2. The number of aromatic nitrogens is 1. The van der Waals surface area contributed by atoms with Crippen molar-refractivity contribution in [3.05, 3.63) is 70.8 Å². The number of amides is 2. The van der Waals surface area contributed by atoms with Crippen LogP contribution in [0.3, 0.4) is 0 Å². The van der Waals surface area contributed by atoms with E-state index < -0.39 is 24.4 Å². The number of ether oxygens (including phenoxy) is 1. The molecule has 0 spiro atoms. The lowest BCUT2D eigenvalue weighted by Crippen LogP contribution is -2.24.